The van der Waals surface area contributed by atoms with E-state index < -0.39 is 11.9 Å². The van der Waals surface area contributed by atoms with Crippen LogP contribution in [0.3, 0.4) is 0 Å². The lowest BCUT2D eigenvalue weighted by Crippen LogP contribution is -2.30. The number of anilines is 1. The number of aliphatic carboxylic acids is 1. The molecule has 5 heteroatoms. The van der Waals surface area contributed by atoms with Crippen LogP contribution < -0.4 is 4.90 Å². The second-order valence-corrected chi connectivity index (χ2v) is 5.64. The highest BCUT2D eigenvalue weighted by atomic mass is 79.9. The number of carboxylic acids is 1. The van der Waals surface area contributed by atoms with Gasteiger partial charge in [0.25, 0.3) is 0 Å². The van der Waals surface area contributed by atoms with Crippen LogP contribution in [0, 0.1) is 5.92 Å². The van der Waals surface area contributed by atoms with Crippen molar-refractivity contribution in [1.82, 2.24) is 0 Å². The SMILES string of the molecule is O=C(O)C1CCN(c2ccc(Br)c3ccccc23)C1=O. The number of nitrogens with zero attached hydrogens (tertiary/aromatic N) is 1. The minimum absolute atomic E-state index is 0.329. The van der Waals surface area contributed by atoms with Crippen LogP contribution in [-0.4, -0.2) is 23.5 Å². The minimum atomic E-state index is -1.04. The minimum Gasteiger partial charge on any atom is -0.481 e. The summed E-state index contributed by atoms with van der Waals surface area (Å²) in [5, 5.41) is 11.0. The maximum absolute atomic E-state index is 12.2. The van der Waals surface area contributed by atoms with Crippen LogP contribution in [0.15, 0.2) is 40.9 Å². The number of amides is 1. The van der Waals surface area contributed by atoms with E-state index in [4.69, 9.17) is 5.11 Å². The van der Waals surface area contributed by atoms with E-state index in [9.17, 15) is 9.59 Å². The van der Waals surface area contributed by atoms with Gasteiger partial charge in [0.05, 0.1) is 5.69 Å². The normalized spacial score (nSPS) is 18.8. The summed E-state index contributed by atoms with van der Waals surface area (Å²) >= 11 is 3.49. The molecule has 1 heterocycles. The van der Waals surface area contributed by atoms with Gasteiger partial charge in [0.15, 0.2) is 0 Å². The van der Waals surface area contributed by atoms with Crippen molar-refractivity contribution in [2.45, 2.75) is 6.42 Å². The van der Waals surface area contributed by atoms with Crippen molar-refractivity contribution in [3.63, 3.8) is 0 Å². The Morgan fingerprint density at radius 1 is 1.20 bits per heavy atom. The maximum Gasteiger partial charge on any atom is 0.316 e. The summed E-state index contributed by atoms with van der Waals surface area (Å²) in [4.78, 5) is 24.8. The van der Waals surface area contributed by atoms with Crippen LogP contribution in [-0.2, 0) is 9.59 Å². The molecule has 0 spiro atoms. The third-order valence-corrected chi connectivity index (χ3v) is 4.33. The number of rotatable bonds is 2. The van der Waals surface area contributed by atoms with Gasteiger partial charge in [-0.3, -0.25) is 9.59 Å². The monoisotopic (exact) mass is 333 g/mol. The summed E-state index contributed by atoms with van der Waals surface area (Å²) in [6, 6.07) is 11.5. The molecule has 0 aliphatic carbocycles. The number of carboxylic acid groups (broad SMARTS) is 1. The Morgan fingerprint density at radius 2 is 1.90 bits per heavy atom. The first-order chi connectivity index (χ1) is 9.59. The summed E-state index contributed by atoms with van der Waals surface area (Å²) in [6.45, 7) is 0.446. The molecule has 1 amide bonds. The predicted molar refractivity (Wildman–Crippen MR) is 79.7 cm³/mol. The average molecular weight is 334 g/mol. The highest BCUT2D eigenvalue weighted by molar-refractivity contribution is 9.10. The molecule has 1 N–H and O–H groups in total. The summed E-state index contributed by atoms with van der Waals surface area (Å²) in [5.41, 5.74) is 0.776. The lowest BCUT2D eigenvalue weighted by Gasteiger charge is -2.19. The lowest BCUT2D eigenvalue weighted by atomic mass is 10.1. The fraction of sp³-hybridized carbons (Fsp3) is 0.200. The van der Waals surface area contributed by atoms with E-state index in [1.807, 2.05) is 36.4 Å². The van der Waals surface area contributed by atoms with Crippen LogP contribution in [0.2, 0.25) is 0 Å². The van der Waals surface area contributed by atoms with E-state index >= 15 is 0 Å². The highest BCUT2D eigenvalue weighted by Gasteiger charge is 2.38. The van der Waals surface area contributed by atoms with Gasteiger partial charge in [0, 0.05) is 16.4 Å². The molecule has 1 saturated heterocycles. The molecular formula is C15H12BrNO3. The third kappa shape index (κ3) is 1.98. The van der Waals surface area contributed by atoms with Gasteiger partial charge in [0.1, 0.15) is 5.92 Å². The Morgan fingerprint density at radius 3 is 2.55 bits per heavy atom. The molecule has 2 aromatic carbocycles. The second-order valence-electron chi connectivity index (χ2n) is 4.78. The Labute approximate surface area is 124 Å². The van der Waals surface area contributed by atoms with Gasteiger partial charge in [-0.15, -0.1) is 0 Å². The second kappa shape index (κ2) is 4.90. The molecule has 1 aliphatic rings. The van der Waals surface area contributed by atoms with Crippen molar-refractivity contribution in [2.75, 3.05) is 11.4 Å². The van der Waals surface area contributed by atoms with E-state index in [0.717, 1.165) is 20.9 Å². The third-order valence-electron chi connectivity index (χ3n) is 3.64. The zero-order chi connectivity index (χ0) is 14.3. The van der Waals surface area contributed by atoms with Crippen molar-refractivity contribution < 1.29 is 14.7 Å². The number of carbonyl (C=O) groups is 2. The van der Waals surface area contributed by atoms with E-state index in [-0.39, 0.29) is 5.91 Å². The Balaban J connectivity index is 2.10. The first-order valence-corrected chi connectivity index (χ1v) is 7.10. The van der Waals surface area contributed by atoms with Gasteiger partial charge in [0.2, 0.25) is 5.91 Å². The van der Waals surface area contributed by atoms with E-state index in [1.54, 1.807) is 4.90 Å². The summed E-state index contributed by atoms with van der Waals surface area (Å²) in [5.74, 6) is -2.29. The van der Waals surface area contributed by atoms with Crippen LogP contribution in [0.25, 0.3) is 10.8 Å². The first kappa shape index (κ1) is 13.1. The smallest absolute Gasteiger partial charge is 0.316 e. The molecular weight excluding hydrogens is 322 g/mol. The van der Waals surface area contributed by atoms with Crippen molar-refractivity contribution in [2.24, 2.45) is 5.92 Å². The molecule has 1 atom stereocenters. The van der Waals surface area contributed by atoms with Gasteiger partial charge in [-0.25, -0.2) is 0 Å². The van der Waals surface area contributed by atoms with Crippen LogP contribution in [0.1, 0.15) is 6.42 Å². The average Bonchev–Trinajstić information content (AvgIpc) is 2.82. The number of benzene rings is 2. The van der Waals surface area contributed by atoms with Gasteiger partial charge >= 0.3 is 5.97 Å². The predicted octanol–water partition coefficient (Wildman–Crippen LogP) is 3.04. The van der Waals surface area contributed by atoms with E-state index in [2.05, 4.69) is 15.9 Å². The molecule has 102 valence electrons. The van der Waals surface area contributed by atoms with Crippen molar-refractivity contribution in [3.8, 4) is 0 Å². The molecule has 0 saturated carbocycles. The number of fused-ring (bicyclic) bond motifs is 1. The zero-order valence-corrected chi connectivity index (χ0v) is 12.1. The van der Waals surface area contributed by atoms with E-state index in [1.165, 1.54) is 0 Å². The molecule has 1 aliphatic heterocycles. The Hall–Kier alpha value is -1.88. The number of carbonyl (C=O) groups excluding carboxylic acids is 1. The summed E-state index contributed by atoms with van der Waals surface area (Å²) < 4.78 is 0.957. The standard InChI is InChI=1S/C15H12BrNO3/c16-12-5-6-13(10-4-2-1-3-9(10)12)17-8-7-11(14(17)18)15(19)20/h1-6,11H,7-8H2,(H,19,20). The van der Waals surface area contributed by atoms with Crippen LogP contribution in [0.4, 0.5) is 5.69 Å². The fourth-order valence-corrected chi connectivity index (χ4v) is 3.11. The largest absolute Gasteiger partial charge is 0.481 e. The molecule has 1 unspecified atom stereocenters. The number of halogens is 1. The molecule has 0 aromatic heterocycles. The Kier molecular flexibility index (Phi) is 3.22. The lowest BCUT2D eigenvalue weighted by molar-refractivity contribution is -0.144. The fourth-order valence-electron chi connectivity index (χ4n) is 2.63. The van der Waals surface area contributed by atoms with Gasteiger partial charge in [-0.2, -0.15) is 0 Å². The molecule has 0 radical (unpaired) electrons. The molecule has 4 nitrogen and oxygen atoms in total. The molecule has 2 aromatic rings. The zero-order valence-electron chi connectivity index (χ0n) is 10.5. The van der Waals surface area contributed by atoms with Crippen LogP contribution in [0.5, 0.6) is 0 Å². The Bertz CT molecular complexity index is 713. The van der Waals surface area contributed by atoms with Crippen molar-refractivity contribution in [3.05, 3.63) is 40.9 Å². The topological polar surface area (TPSA) is 57.6 Å². The van der Waals surface area contributed by atoms with Crippen LogP contribution >= 0.6 is 15.9 Å². The highest BCUT2D eigenvalue weighted by Crippen LogP contribution is 2.35. The quantitative estimate of drug-likeness (QED) is 0.859. The van der Waals surface area contributed by atoms with Gasteiger partial charge in [-0.05, 0) is 23.9 Å². The van der Waals surface area contributed by atoms with Crippen molar-refractivity contribution >= 4 is 44.3 Å². The first-order valence-electron chi connectivity index (χ1n) is 6.31. The summed E-state index contributed by atoms with van der Waals surface area (Å²) in [7, 11) is 0. The number of hydrogen-bond acceptors (Lipinski definition) is 2. The van der Waals surface area contributed by atoms with Crippen molar-refractivity contribution in [1.29, 1.82) is 0 Å². The van der Waals surface area contributed by atoms with Gasteiger partial charge in [-0.1, -0.05) is 40.2 Å². The van der Waals surface area contributed by atoms with E-state index in [0.29, 0.717) is 13.0 Å². The molecule has 0 bridgehead atoms. The molecule has 1 fully saturated rings. The summed E-state index contributed by atoms with van der Waals surface area (Å²) in [6.07, 6.45) is 0.360. The number of hydrogen-bond donors (Lipinski definition) is 1. The molecule has 3 rings (SSSR count). The molecule has 20 heavy (non-hydrogen) atoms. The van der Waals surface area contributed by atoms with Gasteiger partial charge < -0.3 is 10.0 Å². The maximum atomic E-state index is 12.2.